The fourth-order valence-electron chi connectivity index (χ4n) is 2.29. The van der Waals surface area contributed by atoms with Gasteiger partial charge in [-0.25, -0.2) is 0 Å². The molecule has 1 amide bonds. The van der Waals surface area contributed by atoms with Crippen LogP contribution in [-0.4, -0.2) is 23.0 Å². The summed E-state index contributed by atoms with van der Waals surface area (Å²) < 4.78 is 1.64. The topological polar surface area (TPSA) is 66.4 Å². The Hall–Kier alpha value is -0.880. The minimum absolute atomic E-state index is 0.0497. The predicted molar refractivity (Wildman–Crippen MR) is 78.1 cm³/mol. The Morgan fingerprint density at radius 2 is 1.79 bits per heavy atom. The molecule has 0 bridgehead atoms. The average Bonchev–Trinajstić information content (AvgIpc) is 2.76. The van der Waals surface area contributed by atoms with Gasteiger partial charge in [-0.1, -0.05) is 31.9 Å². The highest BCUT2D eigenvalue weighted by Gasteiger charge is 2.30. The smallest absolute Gasteiger partial charge is 0.306 e. The van der Waals surface area contributed by atoms with Gasteiger partial charge in [0.1, 0.15) is 0 Å². The van der Waals surface area contributed by atoms with Crippen LogP contribution in [0.3, 0.4) is 0 Å². The number of hydrogen-bond donors (Lipinski definition) is 2. The van der Waals surface area contributed by atoms with Crippen molar-refractivity contribution >= 4 is 43.7 Å². The Morgan fingerprint density at radius 3 is 2.32 bits per heavy atom. The molecule has 0 aliphatic heterocycles. The lowest BCUT2D eigenvalue weighted by Gasteiger charge is -2.12. The summed E-state index contributed by atoms with van der Waals surface area (Å²) in [6.07, 6.45) is 1.86. The fraction of sp³-hybridized carbons (Fsp3) is 0.385. The number of halogens is 2. The number of amides is 1. The maximum absolute atomic E-state index is 12.1. The molecule has 0 spiro atoms. The minimum Gasteiger partial charge on any atom is -0.481 e. The summed E-state index contributed by atoms with van der Waals surface area (Å²) in [5.41, 5.74) is 0.556. The Bertz CT molecular complexity index is 498. The van der Waals surface area contributed by atoms with Gasteiger partial charge in [-0.05, 0) is 37.5 Å². The van der Waals surface area contributed by atoms with Crippen molar-refractivity contribution in [1.82, 2.24) is 5.32 Å². The Balaban J connectivity index is 2.00. The second kappa shape index (κ2) is 6.05. The molecule has 2 N–H and O–H groups in total. The zero-order chi connectivity index (χ0) is 14.0. The summed E-state index contributed by atoms with van der Waals surface area (Å²) in [5.74, 6) is -1.28. The van der Waals surface area contributed by atoms with Gasteiger partial charge in [-0.15, -0.1) is 0 Å². The van der Waals surface area contributed by atoms with E-state index in [2.05, 4.69) is 37.2 Å². The number of carbonyl (C=O) groups is 2. The van der Waals surface area contributed by atoms with E-state index in [1.165, 1.54) is 0 Å². The predicted octanol–water partition coefficient (Wildman–Crippen LogP) is 3.19. The van der Waals surface area contributed by atoms with Crippen LogP contribution in [0, 0.1) is 5.92 Å². The molecule has 1 aliphatic carbocycles. The summed E-state index contributed by atoms with van der Waals surface area (Å²) in [6, 6.07) is 5.28. The van der Waals surface area contributed by atoms with E-state index in [4.69, 9.17) is 5.11 Å². The van der Waals surface area contributed by atoms with Gasteiger partial charge in [0, 0.05) is 20.6 Å². The van der Waals surface area contributed by atoms with Crippen LogP contribution in [0.25, 0.3) is 0 Å². The molecule has 2 rings (SSSR count). The molecule has 0 radical (unpaired) electrons. The molecule has 1 fully saturated rings. The largest absolute Gasteiger partial charge is 0.481 e. The number of rotatable bonds is 3. The molecule has 0 heterocycles. The van der Waals surface area contributed by atoms with E-state index >= 15 is 0 Å². The molecule has 0 aromatic heterocycles. The van der Waals surface area contributed by atoms with Crippen molar-refractivity contribution in [2.75, 3.05) is 0 Å². The fourth-order valence-corrected chi connectivity index (χ4v) is 3.58. The Morgan fingerprint density at radius 1 is 1.16 bits per heavy atom. The standard InChI is InChI=1S/C13H13Br2NO3/c14-9-3-8(4-10(15)6-9)12(17)16-11-2-1-7(5-11)13(18)19/h3-4,6-7,11H,1-2,5H2,(H,16,17)(H,18,19). The molecule has 102 valence electrons. The molecule has 1 aromatic rings. The first-order chi connectivity index (χ1) is 8.95. The number of nitrogens with one attached hydrogen (secondary N) is 1. The van der Waals surface area contributed by atoms with Crippen molar-refractivity contribution in [3.05, 3.63) is 32.7 Å². The molecule has 19 heavy (non-hydrogen) atoms. The number of aliphatic carboxylic acids is 1. The Kier molecular flexibility index (Phi) is 4.62. The lowest BCUT2D eigenvalue weighted by atomic mass is 10.1. The first kappa shape index (κ1) is 14.5. The van der Waals surface area contributed by atoms with Gasteiger partial charge >= 0.3 is 5.97 Å². The average molecular weight is 391 g/mol. The van der Waals surface area contributed by atoms with Crippen LogP contribution >= 0.6 is 31.9 Å². The van der Waals surface area contributed by atoms with E-state index in [1.54, 1.807) is 12.1 Å². The number of carbonyl (C=O) groups excluding carboxylic acids is 1. The lowest BCUT2D eigenvalue weighted by molar-refractivity contribution is -0.141. The van der Waals surface area contributed by atoms with Gasteiger partial charge in [0.05, 0.1) is 5.92 Å². The van der Waals surface area contributed by atoms with E-state index in [1.807, 2.05) is 6.07 Å². The quantitative estimate of drug-likeness (QED) is 0.832. The SMILES string of the molecule is O=C(NC1CCC(C(=O)O)C1)c1cc(Br)cc(Br)c1. The maximum Gasteiger partial charge on any atom is 0.306 e. The Labute approximate surface area is 127 Å². The molecule has 0 saturated heterocycles. The van der Waals surface area contributed by atoms with Crippen molar-refractivity contribution in [1.29, 1.82) is 0 Å². The van der Waals surface area contributed by atoms with Crippen LogP contribution in [0.1, 0.15) is 29.6 Å². The highest BCUT2D eigenvalue weighted by Crippen LogP contribution is 2.26. The van der Waals surface area contributed by atoms with E-state index in [9.17, 15) is 9.59 Å². The molecule has 2 unspecified atom stereocenters. The van der Waals surface area contributed by atoms with Crippen molar-refractivity contribution in [3.63, 3.8) is 0 Å². The number of carboxylic acid groups (broad SMARTS) is 1. The third-order valence-electron chi connectivity index (χ3n) is 3.24. The third-order valence-corrected chi connectivity index (χ3v) is 4.16. The lowest BCUT2D eigenvalue weighted by Crippen LogP contribution is -2.33. The molecule has 6 heteroatoms. The summed E-state index contributed by atoms with van der Waals surface area (Å²) in [5, 5.41) is 11.8. The minimum atomic E-state index is -0.776. The van der Waals surface area contributed by atoms with E-state index in [0.717, 1.165) is 15.4 Å². The van der Waals surface area contributed by atoms with Crippen molar-refractivity contribution < 1.29 is 14.7 Å². The highest BCUT2D eigenvalue weighted by atomic mass is 79.9. The van der Waals surface area contributed by atoms with E-state index in [-0.39, 0.29) is 17.9 Å². The second-order valence-electron chi connectivity index (χ2n) is 4.68. The van der Waals surface area contributed by atoms with Gasteiger partial charge in [-0.3, -0.25) is 9.59 Å². The zero-order valence-electron chi connectivity index (χ0n) is 10.0. The maximum atomic E-state index is 12.1. The van der Waals surface area contributed by atoms with E-state index in [0.29, 0.717) is 18.4 Å². The van der Waals surface area contributed by atoms with E-state index < -0.39 is 5.97 Å². The summed E-state index contributed by atoms with van der Waals surface area (Å²) >= 11 is 6.67. The van der Waals surface area contributed by atoms with Gasteiger partial charge < -0.3 is 10.4 Å². The number of carboxylic acids is 1. The van der Waals surface area contributed by atoms with Crippen LogP contribution in [0.15, 0.2) is 27.1 Å². The number of benzene rings is 1. The summed E-state index contributed by atoms with van der Waals surface area (Å²) in [4.78, 5) is 22.9. The van der Waals surface area contributed by atoms with Crippen LogP contribution in [0.5, 0.6) is 0 Å². The highest BCUT2D eigenvalue weighted by molar-refractivity contribution is 9.11. The zero-order valence-corrected chi connectivity index (χ0v) is 13.2. The van der Waals surface area contributed by atoms with Gasteiger partial charge in [-0.2, -0.15) is 0 Å². The second-order valence-corrected chi connectivity index (χ2v) is 6.51. The van der Waals surface area contributed by atoms with Crippen LogP contribution in [0.4, 0.5) is 0 Å². The van der Waals surface area contributed by atoms with Crippen molar-refractivity contribution in [2.24, 2.45) is 5.92 Å². The van der Waals surface area contributed by atoms with Gasteiger partial charge in [0.2, 0.25) is 0 Å². The summed E-state index contributed by atoms with van der Waals surface area (Å²) in [7, 11) is 0. The molecule has 1 saturated carbocycles. The van der Waals surface area contributed by atoms with Crippen LogP contribution in [-0.2, 0) is 4.79 Å². The third kappa shape index (κ3) is 3.79. The molecule has 2 atom stereocenters. The van der Waals surface area contributed by atoms with Crippen LogP contribution in [0.2, 0.25) is 0 Å². The summed E-state index contributed by atoms with van der Waals surface area (Å²) in [6.45, 7) is 0. The van der Waals surface area contributed by atoms with Gasteiger partial charge in [0.15, 0.2) is 0 Å². The molecule has 1 aromatic carbocycles. The van der Waals surface area contributed by atoms with Gasteiger partial charge in [0.25, 0.3) is 5.91 Å². The molecular formula is C13H13Br2NO3. The monoisotopic (exact) mass is 389 g/mol. The van der Waals surface area contributed by atoms with Crippen molar-refractivity contribution in [2.45, 2.75) is 25.3 Å². The first-order valence-electron chi connectivity index (χ1n) is 5.95. The molecule has 1 aliphatic rings. The van der Waals surface area contributed by atoms with Crippen molar-refractivity contribution in [3.8, 4) is 0 Å². The number of hydrogen-bond acceptors (Lipinski definition) is 2. The first-order valence-corrected chi connectivity index (χ1v) is 7.54. The van der Waals surface area contributed by atoms with Crippen LogP contribution < -0.4 is 5.32 Å². The molecular weight excluding hydrogens is 378 g/mol. The molecule has 4 nitrogen and oxygen atoms in total. The normalized spacial score (nSPS) is 22.2.